The van der Waals surface area contributed by atoms with Crippen LogP contribution in [0.4, 0.5) is 11.6 Å². The van der Waals surface area contributed by atoms with Crippen LogP contribution in [0.15, 0.2) is 18.3 Å². The second-order valence-corrected chi connectivity index (χ2v) is 10.5. The number of carbonyl (C=O) groups is 1. The Bertz CT molecular complexity index is 1230. The number of ether oxygens (including phenoxy) is 1. The molecule has 4 heterocycles. The van der Waals surface area contributed by atoms with Gasteiger partial charge in [0, 0.05) is 42.1 Å². The van der Waals surface area contributed by atoms with Gasteiger partial charge in [-0.25, -0.2) is 15.0 Å². The third kappa shape index (κ3) is 4.45. The molecular formula is C24H31N7O2S. The van der Waals surface area contributed by atoms with Gasteiger partial charge in [-0.15, -0.1) is 11.3 Å². The van der Waals surface area contributed by atoms with E-state index in [0.29, 0.717) is 36.0 Å². The number of aryl methyl sites for hydroxylation is 2. The molecule has 3 aromatic heterocycles. The Morgan fingerprint density at radius 2 is 2.12 bits per heavy atom. The highest BCUT2D eigenvalue weighted by Gasteiger charge is 2.33. The van der Waals surface area contributed by atoms with Crippen molar-refractivity contribution in [3.8, 4) is 0 Å². The largest absolute Gasteiger partial charge is 0.397 e. The Morgan fingerprint density at radius 1 is 1.29 bits per heavy atom. The molecule has 2 aliphatic rings. The summed E-state index contributed by atoms with van der Waals surface area (Å²) in [5, 5.41) is 3.99. The van der Waals surface area contributed by atoms with E-state index in [1.165, 1.54) is 11.3 Å². The zero-order chi connectivity index (χ0) is 24.0. The first-order valence-electron chi connectivity index (χ1n) is 11.8. The van der Waals surface area contributed by atoms with Crippen molar-refractivity contribution in [1.82, 2.24) is 20.3 Å². The van der Waals surface area contributed by atoms with Crippen LogP contribution in [0.1, 0.15) is 46.9 Å². The molecule has 0 aromatic carbocycles. The Labute approximate surface area is 202 Å². The van der Waals surface area contributed by atoms with Gasteiger partial charge in [-0.2, -0.15) is 0 Å². The number of nitrogens with two attached hydrogens (primary N) is 2. The minimum Gasteiger partial charge on any atom is -0.397 e. The average molecular weight is 482 g/mol. The van der Waals surface area contributed by atoms with E-state index in [-0.39, 0.29) is 30.2 Å². The highest BCUT2D eigenvalue weighted by atomic mass is 32.1. The quantitative estimate of drug-likeness (QED) is 0.505. The zero-order valence-corrected chi connectivity index (χ0v) is 20.6. The molecular weight excluding hydrogens is 450 g/mol. The smallest absolute Gasteiger partial charge is 0.263 e. The van der Waals surface area contributed by atoms with Crippen LogP contribution in [-0.2, 0) is 17.6 Å². The van der Waals surface area contributed by atoms with Gasteiger partial charge in [-0.1, -0.05) is 0 Å². The van der Waals surface area contributed by atoms with Crippen molar-refractivity contribution in [1.29, 1.82) is 0 Å². The minimum atomic E-state index is -0.147. The molecule has 3 aromatic rings. The number of carbonyl (C=O) groups excluding carboxylic acids is 1. The maximum atomic E-state index is 13.0. The van der Waals surface area contributed by atoms with E-state index in [9.17, 15) is 4.79 Å². The van der Waals surface area contributed by atoms with Crippen LogP contribution >= 0.6 is 11.3 Å². The molecule has 0 bridgehead atoms. The first-order valence-corrected chi connectivity index (χ1v) is 12.6. The number of rotatable bonds is 5. The van der Waals surface area contributed by atoms with Gasteiger partial charge in [0.05, 0.1) is 23.9 Å². The predicted octanol–water partition coefficient (Wildman–Crippen LogP) is 2.21. The Kier molecular flexibility index (Phi) is 6.13. The van der Waals surface area contributed by atoms with Crippen LogP contribution in [-0.4, -0.2) is 58.2 Å². The average Bonchev–Trinajstić information content (AvgIpc) is 3.32. The van der Waals surface area contributed by atoms with Gasteiger partial charge in [0.15, 0.2) is 0 Å². The summed E-state index contributed by atoms with van der Waals surface area (Å²) in [6.07, 6.45) is 4.30. The van der Waals surface area contributed by atoms with E-state index < -0.39 is 0 Å². The normalized spacial score (nSPS) is 22.4. The fraction of sp³-hybridized carbons (Fsp3) is 0.500. The van der Waals surface area contributed by atoms with E-state index in [2.05, 4.69) is 20.2 Å². The number of nitrogen functional groups attached to an aromatic ring is 1. The Hall–Kier alpha value is -2.82. The molecule has 34 heavy (non-hydrogen) atoms. The van der Waals surface area contributed by atoms with Gasteiger partial charge >= 0.3 is 0 Å². The first kappa shape index (κ1) is 22.9. The van der Waals surface area contributed by atoms with E-state index in [1.807, 2.05) is 39.1 Å². The molecule has 1 amide bonds. The van der Waals surface area contributed by atoms with Crippen molar-refractivity contribution in [3.63, 3.8) is 0 Å². The van der Waals surface area contributed by atoms with Gasteiger partial charge in [0.25, 0.3) is 5.91 Å². The fourth-order valence-electron chi connectivity index (χ4n) is 4.74. The van der Waals surface area contributed by atoms with Crippen LogP contribution in [0.3, 0.4) is 0 Å². The van der Waals surface area contributed by atoms with Gasteiger partial charge in [-0.05, 0) is 57.7 Å². The number of amides is 1. The van der Waals surface area contributed by atoms with E-state index >= 15 is 0 Å². The predicted molar refractivity (Wildman–Crippen MR) is 134 cm³/mol. The lowest BCUT2D eigenvalue weighted by Crippen LogP contribution is -2.39. The highest BCUT2D eigenvalue weighted by Crippen LogP contribution is 2.33. The highest BCUT2D eigenvalue weighted by molar-refractivity contribution is 7.21. The van der Waals surface area contributed by atoms with Crippen LogP contribution in [0.5, 0.6) is 0 Å². The van der Waals surface area contributed by atoms with Gasteiger partial charge < -0.3 is 26.4 Å². The number of thiophene rings is 1. The molecule has 1 fully saturated rings. The third-order valence-electron chi connectivity index (χ3n) is 6.45. The summed E-state index contributed by atoms with van der Waals surface area (Å²) in [7, 11) is 0. The lowest BCUT2D eigenvalue weighted by atomic mass is 9.93. The number of pyridine rings is 1. The molecule has 3 atom stereocenters. The molecule has 5 N–H and O–H groups in total. The second-order valence-electron chi connectivity index (χ2n) is 9.50. The van der Waals surface area contributed by atoms with Crippen LogP contribution in [0.25, 0.3) is 10.2 Å². The molecule has 1 aliphatic heterocycles. The molecule has 0 spiro atoms. The maximum absolute atomic E-state index is 13.0. The number of hydrogen-bond acceptors (Lipinski definition) is 9. The van der Waals surface area contributed by atoms with Gasteiger partial charge in [0.2, 0.25) is 5.95 Å². The van der Waals surface area contributed by atoms with Crippen molar-refractivity contribution in [2.45, 2.75) is 64.3 Å². The first-order chi connectivity index (χ1) is 16.3. The van der Waals surface area contributed by atoms with Gasteiger partial charge in [-0.3, -0.25) is 4.79 Å². The number of fused-ring (bicyclic) bond motifs is 2. The Balaban J connectivity index is 1.25. The lowest BCUT2D eigenvalue weighted by molar-refractivity contribution is 0.0127. The monoisotopic (exact) mass is 481 g/mol. The van der Waals surface area contributed by atoms with Crippen molar-refractivity contribution in [2.24, 2.45) is 5.73 Å². The summed E-state index contributed by atoms with van der Waals surface area (Å²) >= 11 is 1.34. The lowest BCUT2D eigenvalue weighted by Gasteiger charge is -2.26. The standard InChI is InChI=1S/C24H31N7O2S/c1-12(2)33-19-11-31(10-17(19)25)24-27-9-14-8-15(5-7-18(14)30-24)29-22(32)21-20(26)16-6-4-13(3)28-23(16)34-21/h4,6,9,12,15,17,19H,5,7-8,10-11,25-26H2,1-3H3,(H,29,32)/t15-,17-,19-/m0/s1. The van der Waals surface area contributed by atoms with Crippen molar-refractivity contribution >= 4 is 39.1 Å². The zero-order valence-electron chi connectivity index (χ0n) is 19.7. The minimum absolute atomic E-state index is 0.0118. The van der Waals surface area contributed by atoms with Crippen LogP contribution in [0.2, 0.25) is 0 Å². The molecule has 1 saturated heterocycles. The second kappa shape index (κ2) is 9.09. The summed E-state index contributed by atoms with van der Waals surface area (Å²) in [6, 6.07) is 3.79. The SMILES string of the molecule is Cc1ccc2c(N)c(C(=O)N[C@H]3CCc4nc(N5C[C@H](OC(C)C)[C@@H](N)C5)ncc4C3)sc2n1. The van der Waals surface area contributed by atoms with Crippen molar-refractivity contribution in [2.75, 3.05) is 23.7 Å². The molecule has 180 valence electrons. The van der Waals surface area contributed by atoms with Crippen molar-refractivity contribution in [3.05, 3.63) is 40.2 Å². The molecule has 10 heteroatoms. The number of hydrogen-bond donors (Lipinski definition) is 3. The van der Waals surface area contributed by atoms with Crippen LogP contribution < -0.4 is 21.7 Å². The third-order valence-corrected chi connectivity index (χ3v) is 7.56. The topological polar surface area (TPSA) is 132 Å². The summed E-state index contributed by atoms with van der Waals surface area (Å²) in [4.78, 5) is 30.4. The van der Waals surface area contributed by atoms with Crippen molar-refractivity contribution < 1.29 is 9.53 Å². The van der Waals surface area contributed by atoms with E-state index in [4.69, 9.17) is 21.2 Å². The molecule has 0 saturated carbocycles. The number of nitrogens with one attached hydrogen (secondary N) is 1. The van der Waals surface area contributed by atoms with Crippen LogP contribution in [0, 0.1) is 6.92 Å². The molecule has 0 unspecified atom stereocenters. The number of anilines is 2. The summed E-state index contributed by atoms with van der Waals surface area (Å²) in [6.45, 7) is 7.35. The number of aromatic nitrogens is 3. The summed E-state index contributed by atoms with van der Waals surface area (Å²) in [5.41, 5.74) is 16.0. The number of nitrogens with zero attached hydrogens (tertiary/aromatic N) is 4. The maximum Gasteiger partial charge on any atom is 0.263 e. The fourth-order valence-corrected chi connectivity index (χ4v) is 5.78. The molecule has 0 radical (unpaired) electrons. The molecule has 9 nitrogen and oxygen atoms in total. The summed E-state index contributed by atoms with van der Waals surface area (Å²) < 4.78 is 5.93. The molecule has 1 aliphatic carbocycles. The van der Waals surface area contributed by atoms with Gasteiger partial charge in [0.1, 0.15) is 9.71 Å². The van der Waals surface area contributed by atoms with E-state index in [1.54, 1.807) is 0 Å². The Morgan fingerprint density at radius 3 is 2.91 bits per heavy atom. The van der Waals surface area contributed by atoms with E-state index in [0.717, 1.165) is 40.0 Å². The molecule has 5 rings (SSSR count). The summed E-state index contributed by atoms with van der Waals surface area (Å²) in [5.74, 6) is 0.554.